The largest absolute Gasteiger partial charge is 0.406 e. The van der Waals surface area contributed by atoms with Crippen LogP contribution in [0.2, 0.25) is 0 Å². The molecule has 0 spiro atoms. The zero-order chi connectivity index (χ0) is 20.4. The third-order valence-corrected chi connectivity index (χ3v) is 5.14. The van der Waals surface area contributed by atoms with Gasteiger partial charge in [0, 0.05) is 6.20 Å². The number of aromatic nitrogens is 2. The van der Waals surface area contributed by atoms with Crippen LogP contribution in [0.1, 0.15) is 21.5 Å². The highest BCUT2D eigenvalue weighted by atomic mass is 32.1. The molecule has 2 aromatic carbocycles. The highest BCUT2D eigenvalue weighted by molar-refractivity contribution is 7.22. The molecule has 0 unspecified atom stereocenters. The summed E-state index contributed by atoms with van der Waals surface area (Å²) in [7, 11) is 0. The number of pyridine rings is 1. The molecule has 0 aliphatic carbocycles. The number of carbonyl (C=O) groups is 1. The molecule has 146 valence electrons. The first kappa shape index (κ1) is 18.8. The summed E-state index contributed by atoms with van der Waals surface area (Å²) in [5.41, 5.74) is 1.91. The van der Waals surface area contributed by atoms with E-state index in [2.05, 4.69) is 10.3 Å². The van der Waals surface area contributed by atoms with Crippen LogP contribution < -0.4 is 15.7 Å². The van der Waals surface area contributed by atoms with E-state index in [-0.39, 0.29) is 18.0 Å². The Labute approximate surface area is 169 Å². The van der Waals surface area contributed by atoms with E-state index in [0.29, 0.717) is 10.7 Å². The number of halogens is 1. The van der Waals surface area contributed by atoms with Crippen molar-refractivity contribution in [2.24, 2.45) is 0 Å². The van der Waals surface area contributed by atoms with Gasteiger partial charge in [-0.25, -0.2) is 9.37 Å². The van der Waals surface area contributed by atoms with E-state index in [9.17, 15) is 14.0 Å². The van der Waals surface area contributed by atoms with Gasteiger partial charge < -0.3 is 4.84 Å². The van der Waals surface area contributed by atoms with Gasteiger partial charge in [0.2, 0.25) is 0 Å². The van der Waals surface area contributed by atoms with Gasteiger partial charge in [-0.2, -0.15) is 4.73 Å². The normalized spacial score (nSPS) is 10.8. The second kappa shape index (κ2) is 7.84. The van der Waals surface area contributed by atoms with Crippen molar-refractivity contribution in [3.63, 3.8) is 0 Å². The summed E-state index contributed by atoms with van der Waals surface area (Å²) < 4.78 is 14.9. The molecule has 0 fully saturated rings. The summed E-state index contributed by atoms with van der Waals surface area (Å²) in [6.45, 7) is 2.04. The molecule has 4 aromatic rings. The van der Waals surface area contributed by atoms with Crippen molar-refractivity contribution in [1.82, 2.24) is 9.71 Å². The molecule has 0 bridgehead atoms. The molecule has 0 aliphatic heterocycles. The Morgan fingerprint density at radius 1 is 1.21 bits per heavy atom. The average molecular weight is 409 g/mol. The molecular formula is C21H16FN3O3S. The van der Waals surface area contributed by atoms with Crippen molar-refractivity contribution in [2.45, 2.75) is 13.5 Å². The van der Waals surface area contributed by atoms with Crippen LogP contribution in [0.25, 0.3) is 10.2 Å². The van der Waals surface area contributed by atoms with Crippen LogP contribution in [0, 0.1) is 12.7 Å². The summed E-state index contributed by atoms with van der Waals surface area (Å²) in [5, 5.41) is 3.09. The van der Waals surface area contributed by atoms with Crippen molar-refractivity contribution in [2.75, 3.05) is 5.32 Å². The van der Waals surface area contributed by atoms with E-state index >= 15 is 0 Å². The topological polar surface area (TPSA) is 73.2 Å². The Morgan fingerprint density at radius 3 is 2.79 bits per heavy atom. The first-order valence-corrected chi connectivity index (χ1v) is 9.59. The average Bonchev–Trinajstić information content (AvgIpc) is 3.09. The molecule has 6 nitrogen and oxygen atoms in total. The van der Waals surface area contributed by atoms with E-state index < -0.39 is 11.5 Å². The summed E-state index contributed by atoms with van der Waals surface area (Å²) in [5.74, 6) is -0.917. The van der Waals surface area contributed by atoms with Crippen molar-refractivity contribution in [1.29, 1.82) is 0 Å². The molecule has 1 amide bonds. The quantitative estimate of drug-likeness (QED) is 0.544. The van der Waals surface area contributed by atoms with E-state index in [0.717, 1.165) is 20.5 Å². The van der Waals surface area contributed by atoms with Gasteiger partial charge in [-0.15, -0.1) is 0 Å². The van der Waals surface area contributed by atoms with E-state index in [1.165, 1.54) is 35.7 Å². The third-order valence-electron chi connectivity index (χ3n) is 4.21. The molecule has 0 atom stereocenters. The molecule has 0 saturated heterocycles. The fourth-order valence-electron chi connectivity index (χ4n) is 2.72. The molecule has 8 heteroatoms. The van der Waals surface area contributed by atoms with Crippen molar-refractivity contribution >= 4 is 32.6 Å². The first-order valence-electron chi connectivity index (χ1n) is 8.77. The van der Waals surface area contributed by atoms with Crippen LogP contribution in [0.15, 0.2) is 65.6 Å². The molecule has 0 saturated carbocycles. The van der Waals surface area contributed by atoms with Gasteiger partial charge in [0.1, 0.15) is 18.0 Å². The highest BCUT2D eigenvalue weighted by Crippen LogP contribution is 2.26. The number of anilines is 1. The van der Waals surface area contributed by atoms with Crippen molar-refractivity contribution in [3.05, 3.63) is 93.7 Å². The maximum absolute atomic E-state index is 13.0. The molecule has 0 radical (unpaired) electrons. The van der Waals surface area contributed by atoms with Gasteiger partial charge in [-0.3, -0.25) is 14.9 Å². The summed E-state index contributed by atoms with van der Waals surface area (Å²) in [6.07, 6.45) is 1.42. The Morgan fingerprint density at radius 2 is 2.00 bits per heavy atom. The number of hydrogen-bond donors (Lipinski definition) is 1. The van der Waals surface area contributed by atoms with Gasteiger partial charge in [0.25, 0.3) is 11.5 Å². The SMILES string of the molecule is Cc1ccc2nc(NC(=O)c3cccn(OCc4ccc(F)cc4)c3=O)sc2c1. The van der Waals surface area contributed by atoms with Crippen LogP contribution in [0.4, 0.5) is 9.52 Å². The van der Waals surface area contributed by atoms with Crippen molar-refractivity contribution in [3.8, 4) is 0 Å². The molecule has 4 rings (SSSR count). The first-order chi connectivity index (χ1) is 14.0. The number of amides is 1. The zero-order valence-corrected chi connectivity index (χ0v) is 16.2. The standard InChI is InChI=1S/C21H16FN3O3S/c1-13-4-9-17-18(11-13)29-21(23-17)24-19(26)16-3-2-10-25(20(16)27)28-12-14-5-7-15(22)8-6-14/h2-11H,12H2,1H3,(H,23,24,26). The Balaban J connectivity index is 1.51. The van der Waals surface area contributed by atoms with E-state index in [1.807, 2.05) is 25.1 Å². The minimum atomic E-state index is -0.593. The maximum atomic E-state index is 13.0. The van der Waals surface area contributed by atoms with Crippen LogP contribution >= 0.6 is 11.3 Å². The lowest BCUT2D eigenvalue weighted by Crippen LogP contribution is -2.32. The summed E-state index contributed by atoms with van der Waals surface area (Å²) in [6, 6.07) is 14.5. The van der Waals surface area contributed by atoms with Gasteiger partial charge in [0.05, 0.1) is 10.2 Å². The Kier molecular flexibility index (Phi) is 5.09. The van der Waals surface area contributed by atoms with Crippen LogP contribution in [0.5, 0.6) is 0 Å². The molecule has 2 aromatic heterocycles. The number of carbonyl (C=O) groups excluding carboxylic acids is 1. The fraction of sp³-hybridized carbons (Fsp3) is 0.0952. The number of nitrogens with one attached hydrogen (secondary N) is 1. The van der Waals surface area contributed by atoms with Crippen LogP contribution in [-0.4, -0.2) is 15.6 Å². The predicted molar refractivity (Wildman–Crippen MR) is 110 cm³/mol. The molecule has 2 heterocycles. The predicted octanol–water partition coefficient (Wildman–Crippen LogP) is 3.79. The fourth-order valence-corrected chi connectivity index (χ4v) is 3.68. The molecule has 0 aliphatic rings. The third kappa shape index (κ3) is 4.17. The number of nitrogens with zero attached hydrogens (tertiary/aromatic N) is 2. The lowest BCUT2D eigenvalue weighted by atomic mass is 10.2. The number of hydrogen-bond acceptors (Lipinski definition) is 5. The molecule has 1 N–H and O–H groups in total. The zero-order valence-electron chi connectivity index (χ0n) is 15.4. The number of thiazole rings is 1. The lowest BCUT2D eigenvalue weighted by Gasteiger charge is -2.09. The lowest BCUT2D eigenvalue weighted by molar-refractivity contribution is 0.0863. The van der Waals surface area contributed by atoms with Gasteiger partial charge >= 0.3 is 0 Å². The highest BCUT2D eigenvalue weighted by Gasteiger charge is 2.15. The van der Waals surface area contributed by atoms with Gasteiger partial charge in [-0.1, -0.05) is 29.5 Å². The number of rotatable bonds is 5. The number of aryl methyl sites for hydroxylation is 1. The molecule has 29 heavy (non-hydrogen) atoms. The number of benzene rings is 2. The van der Waals surface area contributed by atoms with E-state index in [1.54, 1.807) is 18.2 Å². The smallest absolute Gasteiger partial charge is 0.295 e. The second-order valence-corrected chi connectivity index (χ2v) is 7.43. The van der Waals surface area contributed by atoms with E-state index in [4.69, 9.17) is 4.84 Å². The van der Waals surface area contributed by atoms with Crippen molar-refractivity contribution < 1.29 is 14.0 Å². The van der Waals surface area contributed by atoms with Crippen LogP contribution in [-0.2, 0) is 6.61 Å². The monoisotopic (exact) mass is 409 g/mol. The Hall–Kier alpha value is -3.52. The minimum Gasteiger partial charge on any atom is -0.406 e. The number of fused-ring (bicyclic) bond motifs is 1. The van der Waals surface area contributed by atoms with Gasteiger partial charge in [0.15, 0.2) is 5.13 Å². The van der Waals surface area contributed by atoms with Gasteiger partial charge in [-0.05, 0) is 54.4 Å². The molecular weight excluding hydrogens is 393 g/mol. The maximum Gasteiger partial charge on any atom is 0.295 e. The summed E-state index contributed by atoms with van der Waals surface area (Å²) in [4.78, 5) is 35.0. The minimum absolute atomic E-state index is 0.0580. The summed E-state index contributed by atoms with van der Waals surface area (Å²) >= 11 is 1.34. The Bertz CT molecular complexity index is 1250. The van der Waals surface area contributed by atoms with Crippen LogP contribution in [0.3, 0.4) is 0 Å². The second-order valence-electron chi connectivity index (χ2n) is 6.40.